The first-order valence-corrected chi connectivity index (χ1v) is 7.21. The van der Waals surface area contributed by atoms with Crippen molar-refractivity contribution in [3.05, 3.63) is 58.6 Å². The number of rotatable bonds is 6. The molecule has 0 saturated carbocycles. The molecule has 0 heterocycles. The van der Waals surface area contributed by atoms with Gasteiger partial charge in [-0.3, -0.25) is 0 Å². The molecule has 2 aromatic rings. The maximum absolute atomic E-state index is 6.03. The van der Waals surface area contributed by atoms with E-state index >= 15 is 0 Å². The Labute approximate surface area is 130 Å². The van der Waals surface area contributed by atoms with Gasteiger partial charge in [-0.25, -0.2) is 0 Å². The first-order chi connectivity index (χ1) is 10.1. The Kier molecular flexibility index (Phi) is 5.48. The average molecular weight is 306 g/mol. The molecule has 0 saturated heterocycles. The van der Waals surface area contributed by atoms with Crippen LogP contribution in [0.4, 0.5) is 0 Å². The van der Waals surface area contributed by atoms with Crippen LogP contribution in [0.2, 0.25) is 5.02 Å². The number of methoxy groups -OCH3 is 2. The van der Waals surface area contributed by atoms with E-state index in [2.05, 4.69) is 18.3 Å². The molecule has 2 rings (SSSR count). The van der Waals surface area contributed by atoms with Crippen molar-refractivity contribution in [2.24, 2.45) is 0 Å². The Balaban J connectivity index is 2.05. The highest BCUT2D eigenvalue weighted by Crippen LogP contribution is 2.25. The number of benzene rings is 2. The maximum Gasteiger partial charge on any atom is 0.127 e. The second-order valence-corrected chi connectivity index (χ2v) is 5.27. The maximum atomic E-state index is 6.03. The van der Waals surface area contributed by atoms with E-state index in [9.17, 15) is 0 Å². The molecule has 112 valence electrons. The number of nitrogens with one attached hydrogen (secondary N) is 1. The highest BCUT2D eigenvalue weighted by molar-refractivity contribution is 6.30. The molecule has 0 aromatic heterocycles. The largest absolute Gasteiger partial charge is 0.497 e. The standard InChI is InChI=1S/C17H20ClNO2/c1-12(13-5-4-6-15(18)9-13)19-11-14-7-8-16(20-2)10-17(14)21-3/h4-10,12,19H,11H2,1-3H3/t12-/m1/s1. The lowest BCUT2D eigenvalue weighted by atomic mass is 10.1. The summed E-state index contributed by atoms with van der Waals surface area (Å²) in [7, 11) is 3.31. The Morgan fingerprint density at radius 1 is 1.10 bits per heavy atom. The van der Waals surface area contributed by atoms with E-state index < -0.39 is 0 Å². The molecule has 0 radical (unpaired) electrons. The number of halogens is 1. The molecule has 0 amide bonds. The first-order valence-electron chi connectivity index (χ1n) is 6.83. The summed E-state index contributed by atoms with van der Waals surface area (Å²) in [4.78, 5) is 0. The minimum atomic E-state index is 0.204. The molecule has 0 unspecified atom stereocenters. The van der Waals surface area contributed by atoms with Crippen LogP contribution in [0.25, 0.3) is 0 Å². The third-order valence-electron chi connectivity index (χ3n) is 3.44. The normalized spacial score (nSPS) is 12.0. The fourth-order valence-corrected chi connectivity index (χ4v) is 2.35. The lowest BCUT2D eigenvalue weighted by Crippen LogP contribution is -2.18. The van der Waals surface area contributed by atoms with E-state index in [0.29, 0.717) is 6.54 Å². The van der Waals surface area contributed by atoms with Crippen molar-refractivity contribution in [2.45, 2.75) is 19.5 Å². The summed E-state index contributed by atoms with van der Waals surface area (Å²) in [5.41, 5.74) is 2.25. The topological polar surface area (TPSA) is 30.5 Å². The van der Waals surface area contributed by atoms with Crippen molar-refractivity contribution in [3.8, 4) is 11.5 Å². The highest BCUT2D eigenvalue weighted by atomic mass is 35.5. The fourth-order valence-electron chi connectivity index (χ4n) is 2.15. The van der Waals surface area contributed by atoms with Gasteiger partial charge in [0.05, 0.1) is 14.2 Å². The molecule has 21 heavy (non-hydrogen) atoms. The summed E-state index contributed by atoms with van der Waals surface area (Å²) in [5.74, 6) is 1.61. The van der Waals surface area contributed by atoms with Crippen molar-refractivity contribution in [1.82, 2.24) is 5.32 Å². The van der Waals surface area contributed by atoms with Gasteiger partial charge in [-0.1, -0.05) is 29.8 Å². The van der Waals surface area contributed by atoms with E-state index in [0.717, 1.165) is 27.6 Å². The summed E-state index contributed by atoms with van der Waals surface area (Å²) in [6.45, 7) is 2.82. The molecule has 0 spiro atoms. The average Bonchev–Trinajstić information content (AvgIpc) is 2.52. The minimum Gasteiger partial charge on any atom is -0.497 e. The van der Waals surface area contributed by atoms with Gasteiger partial charge in [0.25, 0.3) is 0 Å². The van der Waals surface area contributed by atoms with Gasteiger partial charge in [-0.2, -0.15) is 0 Å². The van der Waals surface area contributed by atoms with Crippen molar-refractivity contribution in [3.63, 3.8) is 0 Å². The van der Waals surface area contributed by atoms with Crippen LogP contribution >= 0.6 is 11.6 Å². The van der Waals surface area contributed by atoms with Crippen molar-refractivity contribution in [1.29, 1.82) is 0 Å². The van der Waals surface area contributed by atoms with Gasteiger partial charge < -0.3 is 14.8 Å². The molecular weight excluding hydrogens is 286 g/mol. The summed E-state index contributed by atoms with van der Waals surface area (Å²) in [6.07, 6.45) is 0. The molecule has 1 N–H and O–H groups in total. The molecule has 0 aliphatic rings. The summed E-state index contributed by atoms with van der Waals surface area (Å²) in [5, 5.41) is 4.23. The van der Waals surface area contributed by atoms with Crippen LogP contribution in [0, 0.1) is 0 Å². The third-order valence-corrected chi connectivity index (χ3v) is 3.68. The number of hydrogen-bond acceptors (Lipinski definition) is 3. The Bertz CT molecular complexity index is 601. The van der Waals surface area contributed by atoms with Crippen molar-refractivity contribution in [2.75, 3.05) is 14.2 Å². The van der Waals surface area contributed by atoms with Crippen LogP contribution in [-0.4, -0.2) is 14.2 Å². The van der Waals surface area contributed by atoms with Gasteiger partial charge in [-0.15, -0.1) is 0 Å². The van der Waals surface area contributed by atoms with Crippen LogP contribution in [0.3, 0.4) is 0 Å². The van der Waals surface area contributed by atoms with Gasteiger partial charge in [-0.05, 0) is 30.7 Å². The van der Waals surface area contributed by atoms with Gasteiger partial charge in [0.1, 0.15) is 11.5 Å². The molecule has 4 heteroatoms. The van der Waals surface area contributed by atoms with Crippen LogP contribution in [-0.2, 0) is 6.54 Å². The monoisotopic (exact) mass is 305 g/mol. The van der Waals surface area contributed by atoms with Gasteiger partial charge in [0.15, 0.2) is 0 Å². The smallest absolute Gasteiger partial charge is 0.127 e. The zero-order valence-electron chi connectivity index (χ0n) is 12.5. The second kappa shape index (κ2) is 7.34. The lowest BCUT2D eigenvalue weighted by molar-refractivity contribution is 0.389. The van der Waals surface area contributed by atoms with Crippen molar-refractivity contribution >= 4 is 11.6 Å². The van der Waals surface area contributed by atoms with Crippen LogP contribution in [0.15, 0.2) is 42.5 Å². The van der Waals surface area contributed by atoms with E-state index in [-0.39, 0.29) is 6.04 Å². The molecule has 0 fully saturated rings. The van der Waals surface area contributed by atoms with E-state index in [4.69, 9.17) is 21.1 Å². The minimum absolute atomic E-state index is 0.204. The molecule has 2 aromatic carbocycles. The fraction of sp³-hybridized carbons (Fsp3) is 0.294. The zero-order valence-corrected chi connectivity index (χ0v) is 13.3. The van der Waals surface area contributed by atoms with Gasteiger partial charge in [0.2, 0.25) is 0 Å². The molecule has 3 nitrogen and oxygen atoms in total. The van der Waals surface area contributed by atoms with E-state index in [1.165, 1.54) is 0 Å². The lowest BCUT2D eigenvalue weighted by Gasteiger charge is -2.16. The predicted molar refractivity (Wildman–Crippen MR) is 86.3 cm³/mol. The summed E-state index contributed by atoms with van der Waals surface area (Å²) >= 11 is 6.03. The molecule has 0 aliphatic heterocycles. The summed E-state index contributed by atoms with van der Waals surface area (Å²) in [6, 6.07) is 13.9. The van der Waals surface area contributed by atoms with Crippen LogP contribution in [0.5, 0.6) is 11.5 Å². The first kappa shape index (κ1) is 15.7. The van der Waals surface area contributed by atoms with Gasteiger partial charge >= 0.3 is 0 Å². The number of ether oxygens (including phenoxy) is 2. The SMILES string of the molecule is COc1ccc(CN[C@H](C)c2cccc(Cl)c2)c(OC)c1. The number of hydrogen-bond donors (Lipinski definition) is 1. The summed E-state index contributed by atoms with van der Waals surface area (Å²) < 4.78 is 10.6. The second-order valence-electron chi connectivity index (χ2n) is 4.84. The molecule has 1 atom stereocenters. The Morgan fingerprint density at radius 2 is 1.90 bits per heavy atom. The molecule has 0 bridgehead atoms. The van der Waals surface area contributed by atoms with Crippen molar-refractivity contribution < 1.29 is 9.47 Å². The van der Waals surface area contributed by atoms with E-state index in [1.807, 2.05) is 36.4 Å². The van der Waals surface area contributed by atoms with Crippen LogP contribution < -0.4 is 14.8 Å². The highest BCUT2D eigenvalue weighted by Gasteiger charge is 2.09. The van der Waals surface area contributed by atoms with Crippen LogP contribution in [0.1, 0.15) is 24.1 Å². The molecular formula is C17H20ClNO2. The quantitative estimate of drug-likeness (QED) is 0.867. The molecule has 0 aliphatic carbocycles. The van der Waals surface area contributed by atoms with E-state index in [1.54, 1.807) is 14.2 Å². The Morgan fingerprint density at radius 3 is 2.57 bits per heavy atom. The zero-order chi connectivity index (χ0) is 15.2. The predicted octanol–water partition coefficient (Wildman–Crippen LogP) is 4.21. The third kappa shape index (κ3) is 4.13. The van der Waals surface area contributed by atoms with Gasteiger partial charge in [0, 0.05) is 29.2 Å². The Hall–Kier alpha value is -1.71.